The fourth-order valence-electron chi connectivity index (χ4n) is 4.63. The molecular formula is C19H28ClN3O2S. The third kappa shape index (κ3) is 4.07. The van der Waals surface area contributed by atoms with E-state index in [0.717, 1.165) is 75.1 Å². The fraction of sp³-hybridized carbons (Fsp3) is 0.684. The van der Waals surface area contributed by atoms with Crippen molar-refractivity contribution in [1.82, 2.24) is 15.1 Å². The quantitative estimate of drug-likeness (QED) is 0.850. The SMILES string of the molecule is Cl.O=C(C1CCCN1C(=O)Cc1cccs1)N1CC[C@@H]2CNC[C@@H]2CC1. The van der Waals surface area contributed by atoms with Crippen molar-refractivity contribution in [3.05, 3.63) is 22.4 Å². The fourth-order valence-corrected chi connectivity index (χ4v) is 5.33. The minimum atomic E-state index is -0.233. The summed E-state index contributed by atoms with van der Waals surface area (Å²) in [6.07, 6.45) is 4.38. The van der Waals surface area contributed by atoms with Gasteiger partial charge in [-0.25, -0.2) is 0 Å². The second-order valence-electron chi connectivity index (χ2n) is 7.58. The summed E-state index contributed by atoms with van der Waals surface area (Å²) >= 11 is 1.61. The molecule has 0 aliphatic carbocycles. The zero-order chi connectivity index (χ0) is 17.2. The topological polar surface area (TPSA) is 52.7 Å². The molecule has 0 radical (unpaired) electrons. The molecule has 7 heteroatoms. The van der Waals surface area contributed by atoms with Gasteiger partial charge in [0.2, 0.25) is 11.8 Å². The van der Waals surface area contributed by atoms with Crippen LogP contribution in [0.4, 0.5) is 0 Å². The highest BCUT2D eigenvalue weighted by Crippen LogP contribution is 2.29. The molecular weight excluding hydrogens is 370 g/mol. The number of nitrogens with zero attached hydrogens (tertiary/aromatic N) is 2. The first-order valence-electron chi connectivity index (χ1n) is 9.53. The molecule has 2 amide bonds. The maximum Gasteiger partial charge on any atom is 0.245 e. The molecule has 5 nitrogen and oxygen atoms in total. The predicted molar refractivity (Wildman–Crippen MR) is 106 cm³/mol. The number of carbonyl (C=O) groups is 2. The number of halogens is 1. The van der Waals surface area contributed by atoms with E-state index in [4.69, 9.17) is 0 Å². The number of thiophene rings is 1. The highest BCUT2D eigenvalue weighted by Gasteiger charge is 2.38. The first-order chi connectivity index (χ1) is 12.2. The number of fused-ring (bicyclic) bond motifs is 1. The van der Waals surface area contributed by atoms with Crippen LogP contribution in [0.2, 0.25) is 0 Å². The lowest BCUT2D eigenvalue weighted by Crippen LogP contribution is -2.48. The van der Waals surface area contributed by atoms with E-state index in [1.165, 1.54) is 0 Å². The van der Waals surface area contributed by atoms with Gasteiger partial charge in [-0.05, 0) is 62.1 Å². The van der Waals surface area contributed by atoms with Crippen LogP contribution < -0.4 is 5.32 Å². The third-order valence-electron chi connectivity index (χ3n) is 6.09. The average molecular weight is 398 g/mol. The summed E-state index contributed by atoms with van der Waals surface area (Å²) in [7, 11) is 0. The van der Waals surface area contributed by atoms with Crippen LogP contribution >= 0.6 is 23.7 Å². The van der Waals surface area contributed by atoms with Gasteiger partial charge in [-0.15, -0.1) is 23.7 Å². The molecule has 0 saturated carbocycles. The maximum absolute atomic E-state index is 13.1. The summed E-state index contributed by atoms with van der Waals surface area (Å²) in [6.45, 7) is 4.63. The molecule has 3 saturated heterocycles. The van der Waals surface area contributed by atoms with Crippen molar-refractivity contribution in [3.8, 4) is 0 Å². The Bertz CT molecular complexity index is 610. The van der Waals surface area contributed by atoms with E-state index >= 15 is 0 Å². The molecule has 1 aromatic rings. The summed E-state index contributed by atoms with van der Waals surface area (Å²) in [5.41, 5.74) is 0. The minimum Gasteiger partial charge on any atom is -0.341 e. The van der Waals surface area contributed by atoms with Gasteiger partial charge in [0.15, 0.2) is 0 Å². The lowest BCUT2D eigenvalue weighted by molar-refractivity contribution is -0.143. The van der Waals surface area contributed by atoms with Crippen molar-refractivity contribution in [2.45, 2.75) is 38.1 Å². The first kappa shape index (κ1) is 19.6. The molecule has 1 unspecified atom stereocenters. The van der Waals surface area contributed by atoms with Gasteiger partial charge >= 0.3 is 0 Å². The van der Waals surface area contributed by atoms with Gasteiger partial charge in [0.25, 0.3) is 0 Å². The van der Waals surface area contributed by atoms with Crippen molar-refractivity contribution in [3.63, 3.8) is 0 Å². The van der Waals surface area contributed by atoms with Gasteiger partial charge in [0.1, 0.15) is 6.04 Å². The van der Waals surface area contributed by atoms with Gasteiger partial charge in [-0.3, -0.25) is 9.59 Å². The molecule has 0 spiro atoms. The number of hydrogen-bond acceptors (Lipinski definition) is 4. The zero-order valence-corrected chi connectivity index (χ0v) is 16.7. The van der Waals surface area contributed by atoms with Crippen LogP contribution in [0.15, 0.2) is 17.5 Å². The number of nitrogens with one attached hydrogen (secondary N) is 1. The highest BCUT2D eigenvalue weighted by molar-refractivity contribution is 7.10. The Morgan fingerprint density at radius 1 is 1.12 bits per heavy atom. The second-order valence-corrected chi connectivity index (χ2v) is 8.61. The van der Waals surface area contributed by atoms with Gasteiger partial charge in [-0.2, -0.15) is 0 Å². The van der Waals surface area contributed by atoms with E-state index in [1.54, 1.807) is 11.3 Å². The zero-order valence-electron chi connectivity index (χ0n) is 15.1. The van der Waals surface area contributed by atoms with Crippen molar-refractivity contribution in [1.29, 1.82) is 0 Å². The molecule has 3 aliphatic heterocycles. The normalized spacial score (nSPS) is 28.4. The van der Waals surface area contributed by atoms with Crippen molar-refractivity contribution < 1.29 is 9.59 Å². The Hall–Kier alpha value is -1.11. The maximum atomic E-state index is 13.1. The number of amides is 2. The number of likely N-dealkylation sites (tertiary alicyclic amines) is 2. The first-order valence-corrected chi connectivity index (χ1v) is 10.4. The minimum absolute atomic E-state index is 0. The molecule has 26 heavy (non-hydrogen) atoms. The highest BCUT2D eigenvalue weighted by atomic mass is 35.5. The van der Waals surface area contributed by atoms with Crippen molar-refractivity contribution in [2.24, 2.45) is 11.8 Å². The lowest BCUT2D eigenvalue weighted by atomic mass is 9.92. The Morgan fingerprint density at radius 3 is 2.50 bits per heavy atom. The Labute approximate surface area is 165 Å². The molecule has 1 aromatic heterocycles. The molecule has 3 aliphatic rings. The van der Waals surface area contributed by atoms with Crippen molar-refractivity contribution in [2.75, 3.05) is 32.7 Å². The third-order valence-corrected chi connectivity index (χ3v) is 6.97. The van der Waals surface area contributed by atoms with E-state index in [0.29, 0.717) is 6.42 Å². The summed E-state index contributed by atoms with van der Waals surface area (Å²) in [6, 6.07) is 3.74. The molecule has 4 rings (SSSR count). The largest absolute Gasteiger partial charge is 0.341 e. The van der Waals surface area contributed by atoms with Crippen LogP contribution in [0, 0.1) is 11.8 Å². The van der Waals surface area contributed by atoms with E-state index in [2.05, 4.69) is 5.32 Å². The van der Waals surface area contributed by atoms with Crippen LogP contribution in [0.3, 0.4) is 0 Å². The molecule has 4 heterocycles. The van der Waals surface area contributed by atoms with Gasteiger partial charge in [0.05, 0.1) is 6.42 Å². The molecule has 0 bridgehead atoms. The van der Waals surface area contributed by atoms with Crippen LogP contribution in [0.5, 0.6) is 0 Å². The van der Waals surface area contributed by atoms with Crippen LogP contribution in [-0.4, -0.2) is 60.4 Å². The van der Waals surface area contributed by atoms with E-state index in [1.807, 2.05) is 27.3 Å². The molecule has 3 fully saturated rings. The van der Waals surface area contributed by atoms with Crippen LogP contribution in [0.25, 0.3) is 0 Å². The second kappa shape index (κ2) is 8.72. The monoisotopic (exact) mass is 397 g/mol. The summed E-state index contributed by atoms with van der Waals surface area (Å²) < 4.78 is 0. The summed E-state index contributed by atoms with van der Waals surface area (Å²) in [5, 5.41) is 5.48. The Morgan fingerprint density at radius 2 is 1.85 bits per heavy atom. The Balaban J connectivity index is 0.00000196. The molecule has 0 aromatic carbocycles. The van der Waals surface area contributed by atoms with Crippen LogP contribution in [-0.2, 0) is 16.0 Å². The van der Waals surface area contributed by atoms with Crippen molar-refractivity contribution >= 4 is 35.6 Å². The Kier molecular flexibility index (Phi) is 6.59. The summed E-state index contributed by atoms with van der Waals surface area (Å²) in [5.74, 6) is 1.73. The molecule has 144 valence electrons. The molecule has 1 N–H and O–H groups in total. The summed E-state index contributed by atoms with van der Waals surface area (Å²) in [4.78, 5) is 30.8. The van der Waals surface area contributed by atoms with E-state index in [9.17, 15) is 9.59 Å². The van der Waals surface area contributed by atoms with Gasteiger partial charge in [-0.1, -0.05) is 6.07 Å². The smallest absolute Gasteiger partial charge is 0.245 e. The average Bonchev–Trinajstić information content (AvgIpc) is 3.34. The lowest BCUT2D eigenvalue weighted by Gasteiger charge is -2.30. The van der Waals surface area contributed by atoms with E-state index < -0.39 is 0 Å². The number of carbonyl (C=O) groups excluding carboxylic acids is 2. The van der Waals surface area contributed by atoms with Gasteiger partial charge in [0, 0.05) is 24.5 Å². The predicted octanol–water partition coefficient (Wildman–Crippen LogP) is 2.16. The van der Waals surface area contributed by atoms with Gasteiger partial charge < -0.3 is 15.1 Å². The number of rotatable bonds is 3. The molecule has 3 atom stereocenters. The standard InChI is InChI=1S/C19H27N3O2S.ClH/c23-18(11-16-3-2-10-25-16)22-7-1-4-17(22)19(24)21-8-5-14-12-20-13-15(14)6-9-21;/h2-3,10,14-15,17,20H,1,4-9,11-13H2;1H/t14-,15+,17?;. The van der Waals surface area contributed by atoms with Crippen LogP contribution in [0.1, 0.15) is 30.6 Å². The van der Waals surface area contributed by atoms with E-state index in [-0.39, 0.29) is 30.3 Å². The number of hydrogen-bond donors (Lipinski definition) is 1.